The molecule has 16 heavy (non-hydrogen) atoms. The molecule has 0 bridgehead atoms. The summed E-state index contributed by atoms with van der Waals surface area (Å²) in [6.45, 7) is 6.26. The molecule has 0 heteroatoms. The minimum Gasteiger partial charge on any atom is -0.0654 e. The zero-order valence-electron chi connectivity index (χ0n) is 10.6. The molecule has 0 spiro atoms. The van der Waals surface area contributed by atoms with Gasteiger partial charge in [-0.1, -0.05) is 76.3 Å². The predicted molar refractivity (Wildman–Crippen MR) is 72.5 cm³/mol. The third kappa shape index (κ3) is 4.83. The molecule has 0 aliphatic heterocycles. The van der Waals surface area contributed by atoms with Crippen LogP contribution in [-0.2, 0) is 0 Å². The fraction of sp³-hybridized carbons (Fsp3) is 0.562. The summed E-state index contributed by atoms with van der Waals surface area (Å²) in [6, 6.07) is 10.9. The Morgan fingerprint density at radius 3 is 2.38 bits per heavy atom. The predicted octanol–water partition coefficient (Wildman–Crippen LogP) is 5.35. The average molecular weight is 217 g/mol. The van der Waals surface area contributed by atoms with Crippen LogP contribution in [0.15, 0.2) is 30.3 Å². The van der Waals surface area contributed by atoms with Gasteiger partial charge in [0.25, 0.3) is 0 Å². The molecule has 1 atom stereocenters. The van der Waals surface area contributed by atoms with Crippen LogP contribution in [-0.4, -0.2) is 0 Å². The largest absolute Gasteiger partial charge is 0.0654 e. The van der Waals surface area contributed by atoms with Crippen molar-refractivity contribution in [3.05, 3.63) is 42.8 Å². The first-order valence-electron chi connectivity index (χ1n) is 6.72. The van der Waals surface area contributed by atoms with E-state index in [-0.39, 0.29) is 0 Å². The Labute approximate surface area is 101 Å². The van der Waals surface area contributed by atoms with Crippen molar-refractivity contribution in [1.29, 1.82) is 0 Å². The van der Waals surface area contributed by atoms with Gasteiger partial charge in [-0.25, -0.2) is 0 Å². The van der Waals surface area contributed by atoms with E-state index in [1.807, 2.05) is 0 Å². The summed E-state index contributed by atoms with van der Waals surface area (Å²) >= 11 is 0. The summed E-state index contributed by atoms with van der Waals surface area (Å²) in [5.74, 6) is 0.732. The van der Waals surface area contributed by atoms with Crippen molar-refractivity contribution in [2.45, 2.75) is 57.8 Å². The number of unbranched alkanes of at least 4 members (excludes halogenated alkanes) is 3. The fourth-order valence-electron chi connectivity index (χ4n) is 2.27. The van der Waals surface area contributed by atoms with E-state index < -0.39 is 0 Å². The first-order chi connectivity index (χ1) is 7.88. The third-order valence-electron chi connectivity index (χ3n) is 3.23. The Morgan fingerprint density at radius 2 is 1.75 bits per heavy atom. The molecule has 0 N–H and O–H groups in total. The Balaban J connectivity index is 2.41. The van der Waals surface area contributed by atoms with Gasteiger partial charge in [0.2, 0.25) is 0 Å². The summed E-state index contributed by atoms with van der Waals surface area (Å²) < 4.78 is 0. The molecule has 0 aromatic heterocycles. The molecule has 0 heterocycles. The molecule has 0 aliphatic rings. The first-order valence-corrected chi connectivity index (χ1v) is 6.72. The lowest BCUT2D eigenvalue weighted by Crippen LogP contribution is -1.98. The van der Waals surface area contributed by atoms with Gasteiger partial charge in [-0.05, 0) is 24.3 Å². The average Bonchev–Trinajstić information content (AvgIpc) is 2.34. The van der Waals surface area contributed by atoms with Gasteiger partial charge in [-0.15, -0.1) is 0 Å². The number of hydrogen-bond acceptors (Lipinski definition) is 0. The topological polar surface area (TPSA) is 0 Å². The fourth-order valence-corrected chi connectivity index (χ4v) is 2.27. The van der Waals surface area contributed by atoms with Gasteiger partial charge in [0.15, 0.2) is 0 Å². The second-order valence-corrected chi connectivity index (χ2v) is 4.60. The maximum atomic E-state index is 4.00. The smallest absolute Gasteiger partial charge is 0.0162 e. The van der Waals surface area contributed by atoms with Gasteiger partial charge in [-0.2, -0.15) is 0 Å². The summed E-state index contributed by atoms with van der Waals surface area (Å²) in [5.41, 5.74) is 1.50. The van der Waals surface area contributed by atoms with Gasteiger partial charge in [-0.3, -0.25) is 0 Å². The molecule has 0 saturated carbocycles. The van der Waals surface area contributed by atoms with Crippen LogP contribution >= 0.6 is 0 Å². The molecule has 1 aromatic rings. The Hall–Kier alpha value is -0.780. The summed E-state index contributed by atoms with van der Waals surface area (Å²) in [4.78, 5) is 0. The van der Waals surface area contributed by atoms with E-state index in [4.69, 9.17) is 0 Å². The SMILES string of the molecule is [CH2]CCC(CCCCCC)c1ccccc1. The van der Waals surface area contributed by atoms with E-state index >= 15 is 0 Å². The van der Waals surface area contributed by atoms with Crippen molar-refractivity contribution < 1.29 is 0 Å². The van der Waals surface area contributed by atoms with Gasteiger partial charge in [0.05, 0.1) is 0 Å². The highest BCUT2D eigenvalue weighted by Crippen LogP contribution is 2.26. The molecule has 0 amide bonds. The Morgan fingerprint density at radius 1 is 1.00 bits per heavy atom. The van der Waals surface area contributed by atoms with E-state index in [1.54, 1.807) is 0 Å². The van der Waals surface area contributed by atoms with E-state index in [2.05, 4.69) is 44.2 Å². The zero-order chi connectivity index (χ0) is 11.6. The van der Waals surface area contributed by atoms with Crippen molar-refractivity contribution in [2.24, 2.45) is 0 Å². The van der Waals surface area contributed by atoms with E-state index in [9.17, 15) is 0 Å². The lowest BCUT2D eigenvalue weighted by Gasteiger charge is -2.16. The lowest BCUT2D eigenvalue weighted by atomic mass is 9.89. The van der Waals surface area contributed by atoms with Crippen LogP contribution < -0.4 is 0 Å². The van der Waals surface area contributed by atoms with Crippen molar-refractivity contribution in [3.63, 3.8) is 0 Å². The molecule has 0 aliphatic carbocycles. The highest BCUT2D eigenvalue weighted by Gasteiger charge is 2.09. The maximum absolute atomic E-state index is 4.00. The van der Waals surface area contributed by atoms with Crippen LogP contribution in [0.5, 0.6) is 0 Å². The van der Waals surface area contributed by atoms with Gasteiger partial charge < -0.3 is 0 Å². The zero-order valence-corrected chi connectivity index (χ0v) is 10.6. The van der Waals surface area contributed by atoms with Crippen LogP contribution in [0.4, 0.5) is 0 Å². The van der Waals surface area contributed by atoms with Crippen LogP contribution in [0.2, 0.25) is 0 Å². The standard InChI is InChI=1S/C16H25/c1-3-5-6-8-12-15(11-4-2)16-13-9-7-10-14-16/h7,9-10,13-15H,2-6,8,11-12H2,1H3. The number of benzene rings is 1. The van der Waals surface area contributed by atoms with Crippen LogP contribution in [0.3, 0.4) is 0 Å². The lowest BCUT2D eigenvalue weighted by molar-refractivity contribution is 0.529. The Bertz CT molecular complexity index is 250. The molecule has 0 fully saturated rings. The van der Waals surface area contributed by atoms with Gasteiger partial charge >= 0.3 is 0 Å². The van der Waals surface area contributed by atoms with Crippen molar-refractivity contribution in [2.75, 3.05) is 0 Å². The van der Waals surface area contributed by atoms with Crippen LogP contribution in [0, 0.1) is 6.92 Å². The normalized spacial score (nSPS) is 12.6. The minimum absolute atomic E-state index is 0.732. The molecule has 0 nitrogen and oxygen atoms in total. The molecular weight excluding hydrogens is 192 g/mol. The van der Waals surface area contributed by atoms with E-state index in [1.165, 1.54) is 44.1 Å². The monoisotopic (exact) mass is 217 g/mol. The van der Waals surface area contributed by atoms with Crippen molar-refractivity contribution in [3.8, 4) is 0 Å². The van der Waals surface area contributed by atoms with E-state index in [0.29, 0.717) is 0 Å². The molecular formula is C16H25. The Kier molecular flexibility index (Phi) is 6.96. The van der Waals surface area contributed by atoms with Crippen LogP contribution in [0.25, 0.3) is 0 Å². The number of hydrogen-bond donors (Lipinski definition) is 0. The minimum atomic E-state index is 0.732. The summed E-state index contributed by atoms with van der Waals surface area (Å²) in [7, 11) is 0. The molecule has 89 valence electrons. The second-order valence-electron chi connectivity index (χ2n) is 4.60. The highest BCUT2D eigenvalue weighted by molar-refractivity contribution is 5.19. The van der Waals surface area contributed by atoms with E-state index in [0.717, 1.165) is 12.3 Å². The molecule has 1 rings (SSSR count). The molecule has 1 aromatic carbocycles. The first kappa shape index (κ1) is 13.3. The van der Waals surface area contributed by atoms with Gasteiger partial charge in [0.1, 0.15) is 0 Å². The molecule has 1 radical (unpaired) electrons. The van der Waals surface area contributed by atoms with Crippen molar-refractivity contribution >= 4 is 0 Å². The van der Waals surface area contributed by atoms with Gasteiger partial charge in [0, 0.05) is 0 Å². The summed E-state index contributed by atoms with van der Waals surface area (Å²) in [5, 5.41) is 0. The molecule has 1 unspecified atom stereocenters. The number of rotatable bonds is 8. The van der Waals surface area contributed by atoms with Crippen molar-refractivity contribution in [1.82, 2.24) is 0 Å². The van der Waals surface area contributed by atoms with Crippen LogP contribution in [0.1, 0.15) is 63.4 Å². The summed E-state index contributed by atoms with van der Waals surface area (Å²) in [6.07, 6.45) is 9.07. The maximum Gasteiger partial charge on any atom is -0.0162 e. The third-order valence-corrected chi connectivity index (χ3v) is 3.23. The molecule has 0 saturated heterocycles. The highest BCUT2D eigenvalue weighted by atomic mass is 14.1. The quantitative estimate of drug-likeness (QED) is 0.514. The second kappa shape index (κ2) is 8.38.